The number of anilines is 1. The summed E-state index contributed by atoms with van der Waals surface area (Å²) in [6.45, 7) is 1.99. The molecule has 1 N–H and O–H groups in total. The Kier molecular flexibility index (Phi) is 6.35. The van der Waals surface area contributed by atoms with Crippen LogP contribution in [-0.4, -0.2) is 40.3 Å². The second-order valence-electron chi connectivity index (χ2n) is 7.01. The van der Waals surface area contributed by atoms with Gasteiger partial charge in [-0.05, 0) is 48.9 Å². The van der Waals surface area contributed by atoms with Crippen molar-refractivity contribution in [2.75, 3.05) is 30.3 Å². The van der Waals surface area contributed by atoms with E-state index < -0.39 is 40.3 Å². The molecule has 7 nitrogen and oxygen atoms in total. The van der Waals surface area contributed by atoms with Crippen LogP contribution in [0.5, 0.6) is 11.5 Å². The molecule has 2 aromatic rings. The predicted molar refractivity (Wildman–Crippen MR) is 108 cm³/mol. The molecule has 1 aliphatic heterocycles. The number of rotatable bonds is 6. The number of carbonyl (C=O) groups excluding carboxylic acids is 1. The van der Waals surface area contributed by atoms with Crippen molar-refractivity contribution < 1.29 is 35.9 Å². The molecule has 0 saturated heterocycles. The maximum Gasteiger partial charge on any atom is 0.416 e. The zero-order valence-corrected chi connectivity index (χ0v) is 17.6. The van der Waals surface area contributed by atoms with E-state index >= 15 is 0 Å². The Morgan fingerprint density at radius 3 is 2.29 bits per heavy atom. The number of amides is 1. The van der Waals surface area contributed by atoms with Crippen LogP contribution in [0.25, 0.3) is 0 Å². The number of alkyl halides is 3. The van der Waals surface area contributed by atoms with Gasteiger partial charge in [-0.1, -0.05) is 6.07 Å². The average molecular weight is 458 g/mol. The van der Waals surface area contributed by atoms with Gasteiger partial charge in [-0.25, -0.2) is 8.42 Å². The number of fused-ring (bicyclic) bond motifs is 1. The lowest BCUT2D eigenvalue weighted by Crippen LogP contribution is -2.41. The van der Waals surface area contributed by atoms with Gasteiger partial charge in [0.1, 0.15) is 19.8 Å². The standard InChI is InChI=1S/C20H21F3N2O5S/c1-13(14-3-8-17-18(11-14)30-10-9-29-17)24-19(26)12-25(31(2,27)28)16-6-4-15(5-7-16)20(21,22)23/h3-8,11,13H,9-10,12H2,1-2H3,(H,24,26)/t13-/m0/s1. The fourth-order valence-corrected chi connectivity index (χ4v) is 3.90. The van der Waals surface area contributed by atoms with E-state index in [9.17, 15) is 26.4 Å². The Bertz CT molecular complexity index is 1060. The van der Waals surface area contributed by atoms with E-state index in [1.807, 2.05) is 0 Å². The molecular formula is C20H21F3N2O5S. The Balaban J connectivity index is 1.72. The van der Waals surface area contributed by atoms with Crippen molar-refractivity contribution in [2.24, 2.45) is 0 Å². The molecule has 0 radical (unpaired) electrons. The lowest BCUT2D eigenvalue weighted by molar-refractivity contribution is -0.137. The van der Waals surface area contributed by atoms with Crippen LogP contribution in [0.4, 0.5) is 18.9 Å². The van der Waals surface area contributed by atoms with Crippen LogP contribution in [0, 0.1) is 0 Å². The molecule has 168 valence electrons. The number of sulfonamides is 1. The molecule has 0 bridgehead atoms. The summed E-state index contributed by atoms with van der Waals surface area (Å²) in [6.07, 6.45) is -3.67. The van der Waals surface area contributed by atoms with Gasteiger partial charge in [-0.15, -0.1) is 0 Å². The lowest BCUT2D eigenvalue weighted by Gasteiger charge is -2.24. The molecule has 0 aromatic heterocycles. The van der Waals surface area contributed by atoms with E-state index in [1.54, 1.807) is 25.1 Å². The maximum atomic E-state index is 12.8. The molecular weight excluding hydrogens is 437 g/mol. The van der Waals surface area contributed by atoms with Crippen LogP contribution in [0.1, 0.15) is 24.1 Å². The smallest absolute Gasteiger partial charge is 0.416 e. The SMILES string of the molecule is C[C@H](NC(=O)CN(c1ccc(C(F)(F)F)cc1)S(C)(=O)=O)c1ccc2c(c1)OCCO2. The van der Waals surface area contributed by atoms with Crippen molar-refractivity contribution in [2.45, 2.75) is 19.1 Å². The molecule has 0 unspecified atom stereocenters. The van der Waals surface area contributed by atoms with Crippen molar-refractivity contribution in [3.63, 3.8) is 0 Å². The normalized spacial score (nSPS) is 14.6. The molecule has 1 atom stereocenters. The first kappa shape index (κ1) is 22.7. The van der Waals surface area contributed by atoms with Crippen LogP contribution < -0.4 is 19.1 Å². The van der Waals surface area contributed by atoms with Crippen molar-refractivity contribution in [3.05, 3.63) is 53.6 Å². The molecule has 0 aliphatic carbocycles. The van der Waals surface area contributed by atoms with Crippen molar-refractivity contribution in [3.8, 4) is 11.5 Å². The van der Waals surface area contributed by atoms with Crippen molar-refractivity contribution in [1.82, 2.24) is 5.32 Å². The largest absolute Gasteiger partial charge is 0.486 e. The van der Waals surface area contributed by atoms with Gasteiger partial charge in [0, 0.05) is 0 Å². The molecule has 3 rings (SSSR count). The molecule has 0 spiro atoms. The number of carbonyl (C=O) groups is 1. The van der Waals surface area contributed by atoms with E-state index in [-0.39, 0.29) is 5.69 Å². The summed E-state index contributed by atoms with van der Waals surface area (Å²) in [5.41, 5.74) is -0.239. The number of halogens is 3. The zero-order chi connectivity index (χ0) is 22.8. The highest BCUT2D eigenvalue weighted by atomic mass is 32.2. The molecule has 0 saturated carbocycles. The third-order valence-corrected chi connectivity index (χ3v) is 5.75. The maximum absolute atomic E-state index is 12.8. The summed E-state index contributed by atoms with van der Waals surface area (Å²) in [7, 11) is -3.92. The number of nitrogens with zero attached hydrogens (tertiary/aromatic N) is 1. The van der Waals surface area contributed by atoms with E-state index in [0.29, 0.717) is 24.7 Å². The summed E-state index contributed by atoms with van der Waals surface area (Å²) in [4.78, 5) is 12.5. The molecule has 11 heteroatoms. The van der Waals surface area contributed by atoms with Gasteiger partial charge in [-0.3, -0.25) is 9.10 Å². The number of ether oxygens (including phenoxy) is 2. The van der Waals surface area contributed by atoms with Crippen molar-refractivity contribution in [1.29, 1.82) is 0 Å². The first-order valence-corrected chi connectivity index (χ1v) is 11.1. The number of nitrogens with one attached hydrogen (secondary N) is 1. The van der Waals surface area contributed by atoms with E-state index in [4.69, 9.17) is 9.47 Å². The second kappa shape index (κ2) is 8.66. The Labute approximate surface area is 177 Å². The van der Waals surface area contributed by atoms with Crippen LogP contribution in [0.15, 0.2) is 42.5 Å². The average Bonchev–Trinajstić information content (AvgIpc) is 2.70. The number of benzene rings is 2. The van der Waals surface area contributed by atoms with E-state index in [0.717, 1.165) is 40.4 Å². The quantitative estimate of drug-likeness (QED) is 0.719. The third kappa shape index (κ3) is 5.60. The summed E-state index contributed by atoms with van der Waals surface area (Å²) < 4.78 is 74.3. The van der Waals surface area contributed by atoms with Gasteiger partial charge >= 0.3 is 6.18 Å². The molecule has 1 amide bonds. The molecule has 0 fully saturated rings. The highest BCUT2D eigenvalue weighted by Gasteiger charge is 2.31. The summed E-state index contributed by atoms with van der Waals surface area (Å²) in [6, 6.07) is 8.29. The number of hydrogen-bond donors (Lipinski definition) is 1. The minimum absolute atomic E-state index is 0.0439. The van der Waals surface area contributed by atoms with Crippen LogP contribution in [-0.2, 0) is 21.0 Å². The highest BCUT2D eigenvalue weighted by molar-refractivity contribution is 7.92. The lowest BCUT2D eigenvalue weighted by atomic mass is 10.1. The Morgan fingerprint density at radius 1 is 1.10 bits per heavy atom. The fraction of sp³-hybridized carbons (Fsp3) is 0.350. The van der Waals surface area contributed by atoms with Crippen LogP contribution in [0.3, 0.4) is 0 Å². The molecule has 2 aromatic carbocycles. The number of hydrogen-bond acceptors (Lipinski definition) is 5. The summed E-state index contributed by atoms with van der Waals surface area (Å²) >= 11 is 0. The minimum Gasteiger partial charge on any atom is -0.486 e. The fourth-order valence-electron chi connectivity index (χ4n) is 3.05. The van der Waals surface area contributed by atoms with Gasteiger partial charge < -0.3 is 14.8 Å². The van der Waals surface area contributed by atoms with E-state index in [1.165, 1.54) is 0 Å². The van der Waals surface area contributed by atoms with Gasteiger partial charge in [0.25, 0.3) is 0 Å². The second-order valence-corrected chi connectivity index (χ2v) is 8.91. The highest BCUT2D eigenvalue weighted by Crippen LogP contribution is 2.33. The van der Waals surface area contributed by atoms with E-state index in [2.05, 4.69) is 5.32 Å². The topological polar surface area (TPSA) is 84.9 Å². The van der Waals surface area contributed by atoms with Crippen molar-refractivity contribution >= 4 is 21.6 Å². The predicted octanol–water partition coefficient (Wildman–Crippen LogP) is 3.12. The summed E-state index contributed by atoms with van der Waals surface area (Å²) in [5, 5.41) is 2.69. The molecule has 31 heavy (non-hydrogen) atoms. The third-order valence-electron chi connectivity index (χ3n) is 4.61. The van der Waals surface area contributed by atoms with Gasteiger partial charge in [0.2, 0.25) is 15.9 Å². The van der Waals surface area contributed by atoms with Gasteiger partial charge in [-0.2, -0.15) is 13.2 Å². The first-order valence-electron chi connectivity index (χ1n) is 9.29. The zero-order valence-electron chi connectivity index (χ0n) is 16.8. The first-order chi connectivity index (χ1) is 14.4. The minimum atomic E-state index is -4.55. The van der Waals surface area contributed by atoms with Gasteiger partial charge in [0.05, 0.1) is 23.5 Å². The summed E-state index contributed by atoms with van der Waals surface area (Å²) in [5.74, 6) is 0.527. The van der Waals surface area contributed by atoms with Crippen LogP contribution in [0.2, 0.25) is 0 Å². The molecule has 1 heterocycles. The van der Waals surface area contributed by atoms with Gasteiger partial charge in [0.15, 0.2) is 11.5 Å². The Morgan fingerprint density at radius 2 is 1.71 bits per heavy atom. The van der Waals surface area contributed by atoms with Crippen LogP contribution >= 0.6 is 0 Å². The monoisotopic (exact) mass is 458 g/mol. The molecule has 1 aliphatic rings. The Hall–Kier alpha value is -2.95.